The van der Waals surface area contributed by atoms with E-state index in [2.05, 4.69) is 15.6 Å². The molecule has 204 valence electrons. The molecule has 43 heavy (non-hydrogen) atoms. The molecule has 0 fully saturated rings. The van der Waals surface area contributed by atoms with Crippen molar-refractivity contribution in [1.82, 2.24) is 15.0 Å². The Morgan fingerprint density at radius 1 is 0.558 bits per heavy atom. The maximum Gasteiger partial charge on any atom is 0.196 e. The Morgan fingerprint density at radius 3 is 1.77 bits per heavy atom. The molecule has 1 heterocycles. The Bertz CT molecular complexity index is 2250. The molecule has 0 spiro atoms. The van der Waals surface area contributed by atoms with E-state index in [0.717, 1.165) is 5.56 Å². The van der Waals surface area contributed by atoms with Crippen LogP contribution in [0, 0.1) is 6.92 Å². The zero-order valence-corrected chi connectivity index (χ0v) is 22.7. The molecule has 1 aromatic heterocycles. The zero-order chi connectivity index (χ0) is 29.4. The van der Waals surface area contributed by atoms with Gasteiger partial charge in [0.05, 0.1) is 28.2 Å². The molecular formula is C35H20N4O4. The van der Waals surface area contributed by atoms with Gasteiger partial charge in [0.25, 0.3) is 0 Å². The number of aromatic nitrogens is 3. The highest BCUT2D eigenvalue weighted by Gasteiger charge is 2.35. The van der Waals surface area contributed by atoms with Gasteiger partial charge in [0, 0.05) is 33.4 Å². The first-order valence-electron chi connectivity index (χ1n) is 13.7. The average Bonchev–Trinajstić information content (AvgIpc) is 3.48. The lowest BCUT2D eigenvalue weighted by atomic mass is 9.82. The monoisotopic (exact) mass is 560 g/mol. The van der Waals surface area contributed by atoms with Gasteiger partial charge >= 0.3 is 0 Å². The van der Waals surface area contributed by atoms with Crippen LogP contribution < -0.4 is 5.32 Å². The van der Waals surface area contributed by atoms with Crippen LogP contribution in [0.15, 0.2) is 97.1 Å². The molecule has 0 radical (unpaired) electrons. The van der Waals surface area contributed by atoms with E-state index in [0.29, 0.717) is 50.3 Å². The largest absolute Gasteiger partial charge is 0.353 e. The number of carbonyl (C=O) groups is 4. The predicted octanol–water partition coefficient (Wildman–Crippen LogP) is 6.02. The number of ketones is 4. The minimum Gasteiger partial charge on any atom is -0.353 e. The third-order valence-corrected chi connectivity index (χ3v) is 8.11. The normalized spacial score (nSPS) is 13.4. The van der Waals surface area contributed by atoms with Crippen LogP contribution in [0.25, 0.3) is 16.7 Å². The number of aryl methyl sites for hydroxylation is 1. The smallest absolute Gasteiger partial charge is 0.196 e. The summed E-state index contributed by atoms with van der Waals surface area (Å²) in [6.07, 6.45) is 0. The summed E-state index contributed by atoms with van der Waals surface area (Å²) in [7, 11) is 0. The number of nitrogens with one attached hydrogen (secondary N) is 1. The molecule has 0 aliphatic heterocycles. The minimum atomic E-state index is -0.304. The molecule has 2 aliphatic rings. The Hall–Kier alpha value is -6.02. The highest BCUT2D eigenvalue weighted by Crippen LogP contribution is 2.39. The fraction of sp³-hybridized carbons (Fsp3) is 0.0286. The van der Waals surface area contributed by atoms with Gasteiger partial charge in [-0.1, -0.05) is 83.6 Å². The molecule has 8 rings (SSSR count). The summed E-state index contributed by atoms with van der Waals surface area (Å²) in [5.41, 5.74) is 5.43. The first-order valence-corrected chi connectivity index (χ1v) is 13.7. The predicted molar refractivity (Wildman–Crippen MR) is 160 cm³/mol. The first kappa shape index (κ1) is 24.8. The van der Waals surface area contributed by atoms with Gasteiger partial charge in [-0.05, 0) is 31.2 Å². The van der Waals surface area contributed by atoms with E-state index in [1.165, 1.54) is 0 Å². The SMILES string of the molecule is Cc1ccc(-n2nnc3c(Nc4cccc5c4C(=O)c4ccccc4C5=O)cc4c(c32)C(=O)c2ccccc2C4=O)cc1. The van der Waals surface area contributed by atoms with Crippen LogP contribution in [-0.2, 0) is 0 Å². The number of hydrogen-bond acceptors (Lipinski definition) is 7. The highest BCUT2D eigenvalue weighted by molar-refractivity contribution is 6.33. The van der Waals surface area contributed by atoms with Crippen molar-refractivity contribution in [2.45, 2.75) is 6.92 Å². The Morgan fingerprint density at radius 2 is 1.12 bits per heavy atom. The molecule has 8 nitrogen and oxygen atoms in total. The van der Waals surface area contributed by atoms with Crippen molar-refractivity contribution in [3.63, 3.8) is 0 Å². The summed E-state index contributed by atoms with van der Waals surface area (Å²) in [5.74, 6) is -1.13. The van der Waals surface area contributed by atoms with Gasteiger partial charge in [-0.2, -0.15) is 0 Å². The van der Waals surface area contributed by atoms with E-state index in [4.69, 9.17) is 0 Å². The molecular weight excluding hydrogens is 540 g/mol. The number of fused-ring (bicyclic) bond motifs is 6. The van der Waals surface area contributed by atoms with Gasteiger partial charge < -0.3 is 5.32 Å². The second kappa shape index (κ2) is 8.99. The summed E-state index contributed by atoms with van der Waals surface area (Å²) in [6.45, 7) is 1.97. The summed E-state index contributed by atoms with van der Waals surface area (Å²) in [6, 6.07) is 27.7. The van der Waals surface area contributed by atoms with Crippen LogP contribution in [0.1, 0.15) is 69.2 Å². The topological polar surface area (TPSA) is 111 Å². The second-order valence-corrected chi connectivity index (χ2v) is 10.6. The van der Waals surface area contributed by atoms with E-state index < -0.39 is 0 Å². The fourth-order valence-electron chi connectivity index (χ4n) is 6.02. The third kappa shape index (κ3) is 3.50. The van der Waals surface area contributed by atoms with Crippen LogP contribution in [0.3, 0.4) is 0 Å². The van der Waals surface area contributed by atoms with E-state index >= 15 is 0 Å². The van der Waals surface area contributed by atoms with E-state index in [9.17, 15) is 19.2 Å². The highest BCUT2D eigenvalue weighted by atomic mass is 16.1. The molecule has 1 N–H and O–H groups in total. The van der Waals surface area contributed by atoms with Gasteiger partial charge in [-0.3, -0.25) is 19.2 Å². The zero-order valence-electron chi connectivity index (χ0n) is 22.7. The van der Waals surface area contributed by atoms with Crippen LogP contribution in [0.5, 0.6) is 0 Å². The van der Waals surface area contributed by atoms with Gasteiger partial charge in [0.2, 0.25) is 0 Å². The van der Waals surface area contributed by atoms with Crippen LogP contribution >= 0.6 is 0 Å². The maximum atomic E-state index is 13.9. The number of benzene rings is 5. The molecule has 8 heteroatoms. The van der Waals surface area contributed by atoms with Crippen molar-refractivity contribution in [1.29, 1.82) is 0 Å². The molecule has 0 unspecified atom stereocenters. The van der Waals surface area contributed by atoms with E-state index in [1.807, 2.05) is 31.2 Å². The minimum absolute atomic E-state index is 0.201. The molecule has 2 aliphatic carbocycles. The molecule has 0 amide bonds. The van der Waals surface area contributed by atoms with Crippen molar-refractivity contribution in [2.24, 2.45) is 0 Å². The lowest BCUT2D eigenvalue weighted by Crippen LogP contribution is -2.23. The molecule has 5 aromatic carbocycles. The molecule has 0 atom stereocenters. The quantitative estimate of drug-likeness (QED) is 0.281. The van der Waals surface area contributed by atoms with Crippen LogP contribution in [0.2, 0.25) is 0 Å². The fourth-order valence-corrected chi connectivity index (χ4v) is 6.02. The molecule has 0 saturated heterocycles. The second-order valence-electron chi connectivity index (χ2n) is 10.6. The first-order chi connectivity index (χ1) is 20.9. The molecule has 6 aromatic rings. The van der Waals surface area contributed by atoms with E-state index in [-0.39, 0.29) is 45.4 Å². The molecule has 0 bridgehead atoms. The van der Waals surface area contributed by atoms with Gasteiger partial charge in [0.1, 0.15) is 11.0 Å². The van der Waals surface area contributed by atoms with Crippen LogP contribution in [-0.4, -0.2) is 38.1 Å². The van der Waals surface area contributed by atoms with Crippen molar-refractivity contribution < 1.29 is 19.2 Å². The Kier molecular flexibility index (Phi) is 5.17. The van der Waals surface area contributed by atoms with Crippen molar-refractivity contribution in [2.75, 3.05) is 5.32 Å². The Labute approximate surface area is 244 Å². The standard InChI is InChI=1S/C35H20N4O4/c1-18-13-15-19(16-14-18)39-31-29-25(33(41)21-8-3-5-10-23(21)35(29)43)17-27(30(31)37-38-39)36-26-12-6-11-24-28(26)34(42)22-9-4-2-7-20(22)32(24)40/h2-17,36H,1H3. The van der Waals surface area contributed by atoms with Crippen molar-refractivity contribution in [3.8, 4) is 5.69 Å². The third-order valence-electron chi connectivity index (χ3n) is 8.11. The lowest BCUT2D eigenvalue weighted by molar-refractivity contribution is 0.0979. The summed E-state index contributed by atoms with van der Waals surface area (Å²) in [5, 5.41) is 12.1. The summed E-state index contributed by atoms with van der Waals surface area (Å²) in [4.78, 5) is 54.8. The van der Waals surface area contributed by atoms with E-state index in [1.54, 1.807) is 77.5 Å². The number of hydrogen-bond donors (Lipinski definition) is 1. The van der Waals surface area contributed by atoms with Gasteiger partial charge in [-0.25, -0.2) is 4.68 Å². The Balaban J connectivity index is 1.37. The van der Waals surface area contributed by atoms with Gasteiger partial charge in [0.15, 0.2) is 23.1 Å². The van der Waals surface area contributed by atoms with Crippen LogP contribution in [0.4, 0.5) is 11.4 Å². The number of nitrogens with zero attached hydrogens (tertiary/aromatic N) is 3. The maximum absolute atomic E-state index is 13.9. The molecule has 0 saturated carbocycles. The summed E-state index contributed by atoms with van der Waals surface area (Å²) < 4.78 is 1.56. The van der Waals surface area contributed by atoms with Crippen molar-refractivity contribution in [3.05, 3.63) is 147 Å². The summed E-state index contributed by atoms with van der Waals surface area (Å²) >= 11 is 0. The van der Waals surface area contributed by atoms with Gasteiger partial charge in [-0.15, -0.1) is 5.10 Å². The number of anilines is 2. The van der Waals surface area contributed by atoms with Crippen molar-refractivity contribution >= 4 is 45.5 Å². The number of rotatable bonds is 3. The number of carbonyl (C=O) groups excluding carboxylic acids is 4. The average molecular weight is 561 g/mol. The lowest BCUT2D eigenvalue weighted by Gasteiger charge is -2.22.